The molecule has 1 aromatic carbocycles. The molecule has 110 valence electrons. The first-order valence-electron chi connectivity index (χ1n) is 5.68. The number of carboxylic acid groups (broad SMARTS) is 1. The number of hydrogen-bond acceptors (Lipinski definition) is 5. The second-order valence-electron chi connectivity index (χ2n) is 4.20. The number of aryl methyl sites for hydroxylation is 1. The van der Waals surface area contributed by atoms with Gasteiger partial charge in [-0.2, -0.15) is 0 Å². The van der Waals surface area contributed by atoms with Crippen LogP contribution in [0, 0.1) is 17.0 Å². The Kier molecular flexibility index (Phi) is 5.03. The molecule has 0 radical (unpaired) electrons. The van der Waals surface area contributed by atoms with Crippen LogP contribution < -0.4 is 4.72 Å². The minimum atomic E-state index is -3.82. The van der Waals surface area contributed by atoms with Gasteiger partial charge in [0.1, 0.15) is 5.69 Å². The van der Waals surface area contributed by atoms with Crippen LogP contribution in [-0.4, -0.2) is 30.2 Å². The molecule has 0 atom stereocenters. The van der Waals surface area contributed by atoms with Crippen molar-refractivity contribution in [1.82, 2.24) is 0 Å². The molecule has 0 heterocycles. The van der Waals surface area contributed by atoms with E-state index in [4.69, 9.17) is 5.11 Å². The van der Waals surface area contributed by atoms with Crippen molar-refractivity contribution in [2.45, 2.75) is 19.8 Å². The molecule has 0 saturated carbocycles. The number of carbonyl (C=O) groups is 1. The van der Waals surface area contributed by atoms with Gasteiger partial charge in [0.2, 0.25) is 10.0 Å². The van der Waals surface area contributed by atoms with Crippen molar-refractivity contribution in [3.8, 4) is 0 Å². The number of benzene rings is 1. The maximum atomic E-state index is 11.7. The summed E-state index contributed by atoms with van der Waals surface area (Å²) in [6.07, 6.45) is -0.346. The van der Waals surface area contributed by atoms with Crippen molar-refractivity contribution in [2.24, 2.45) is 0 Å². The third-order valence-electron chi connectivity index (χ3n) is 2.42. The van der Waals surface area contributed by atoms with Gasteiger partial charge in [-0.3, -0.25) is 19.6 Å². The number of nitrogens with zero attached hydrogens (tertiary/aromatic N) is 1. The number of hydrogen-bond donors (Lipinski definition) is 2. The SMILES string of the molecule is Cc1ccc(NS(=O)(=O)CCCC(=O)O)c([N+](=O)[O-])c1. The van der Waals surface area contributed by atoms with Gasteiger partial charge >= 0.3 is 5.97 Å². The molecule has 2 N–H and O–H groups in total. The molecular weight excluding hydrogens is 288 g/mol. The van der Waals surface area contributed by atoms with Gasteiger partial charge in [-0.05, 0) is 25.0 Å². The van der Waals surface area contributed by atoms with Crippen LogP contribution in [0.1, 0.15) is 18.4 Å². The minimum Gasteiger partial charge on any atom is -0.481 e. The topological polar surface area (TPSA) is 127 Å². The molecule has 0 bridgehead atoms. The molecule has 0 saturated heterocycles. The van der Waals surface area contributed by atoms with Crippen LogP contribution in [0.4, 0.5) is 11.4 Å². The quantitative estimate of drug-likeness (QED) is 0.580. The van der Waals surface area contributed by atoms with Gasteiger partial charge in [-0.25, -0.2) is 8.42 Å². The Balaban J connectivity index is 2.87. The van der Waals surface area contributed by atoms with E-state index in [0.29, 0.717) is 5.56 Å². The van der Waals surface area contributed by atoms with Gasteiger partial charge in [0, 0.05) is 12.5 Å². The van der Waals surface area contributed by atoms with Crippen molar-refractivity contribution >= 4 is 27.4 Å². The first-order chi connectivity index (χ1) is 9.21. The average Bonchev–Trinajstić information content (AvgIpc) is 2.30. The lowest BCUT2D eigenvalue weighted by atomic mass is 10.2. The first kappa shape index (κ1) is 15.9. The molecule has 1 aromatic rings. The van der Waals surface area contributed by atoms with Crippen LogP contribution in [0.15, 0.2) is 18.2 Å². The number of nitrogens with one attached hydrogen (secondary N) is 1. The van der Waals surface area contributed by atoms with Gasteiger partial charge in [0.25, 0.3) is 5.69 Å². The summed E-state index contributed by atoms with van der Waals surface area (Å²) in [6.45, 7) is 1.65. The van der Waals surface area contributed by atoms with Crippen LogP contribution in [0.25, 0.3) is 0 Å². The van der Waals surface area contributed by atoms with Crippen LogP contribution in [-0.2, 0) is 14.8 Å². The number of nitro groups is 1. The van der Waals surface area contributed by atoms with E-state index in [2.05, 4.69) is 4.72 Å². The second kappa shape index (κ2) is 6.33. The van der Waals surface area contributed by atoms with E-state index in [-0.39, 0.29) is 24.2 Å². The van der Waals surface area contributed by atoms with Crippen molar-refractivity contribution in [2.75, 3.05) is 10.5 Å². The maximum absolute atomic E-state index is 11.7. The van der Waals surface area contributed by atoms with Gasteiger partial charge in [-0.1, -0.05) is 6.07 Å². The third kappa shape index (κ3) is 4.84. The molecule has 0 fully saturated rings. The zero-order chi connectivity index (χ0) is 15.3. The van der Waals surface area contributed by atoms with Crippen LogP contribution in [0.2, 0.25) is 0 Å². The lowest BCUT2D eigenvalue weighted by molar-refractivity contribution is -0.383. The van der Waals surface area contributed by atoms with E-state index >= 15 is 0 Å². The fraction of sp³-hybridized carbons (Fsp3) is 0.364. The highest BCUT2D eigenvalue weighted by Crippen LogP contribution is 2.26. The Morgan fingerprint density at radius 1 is 1.45 bits per heavy atom. The summed E-state index contributed by atoms with van der Waals surface area (Å²) in [7, 11) is -3.82. The van der Waals surface area contributed by atoms with Gasteiger partial charge in [-0.15, -0.1) is 0 Å². The molecule has 0 aliphatic carbocycles. The summed E-state index contributed by atoms with van der Waals surface area (Å²) in [4.78, 5) is 20.5. The molecule has 0 aliphatic heterocycles. The van der Waals surface area contributed by atoms with Crippen molar-refractivity contribution < 1.29 is 23.2 Å². The van der Waals surface area contributed by atoms with E-state index in [1.165, 1.54) is 12.1 Å². The summed E-state index contributed by atoms with van der Waals surface area (Å²) in [5, 5.41) is 19.3. The van der Waals surface area contributed by atoms with E-state index in [9.17, 15) is 23.3 Å². The Labute approximate surface area is 115 Å². The molecule has 0 aliphatic rings. The monoisotopic (exact) mass is 302 g/mol. The fourth-order valence-corrected chi connectivity index (χ4v) is 2.65. The van der Waals surface area contributed by atoms with Crippen molar-refractivity contribution in [3.05, 3.63) is 33.9 Å². The van der Waals surface area contributed by atoms with Gasteiger partial charge < -0.3 is 5.11 Å². The Hall–Kier alpha value is -2.16. The summed E-state index contributed by atoms with van der Waals surface area (Å²) in [5.74, 6) is -1.51. The summed E-state index contributed by atoms with van der Waals surface area (Å²) < 4.78 is 25.5. The predicted octanol–water partition coefficient (Wildman–Crippen LogP) is 1.51. The summed E-state index contributed by atoms with van der Waals surface area (Å²) in [5.41, 5.74) is 0.160. The fourth-order valence-electron chi connectivity index (χ4n) is 1.51. The second-order valence-corrected chi connectivity index (χ2v) is 6.04. The third-order valence-corrected chi connectivity index (χ3v) is 3.78. The summed E-state index contributed by atoms with van der Waals surface area (Å²) >= 11 is 0. The number of aliphatic carboxylic acids is 1. The van der Waals surface area contributed by atoms with E-state index in [0.717, 1.165) is 0 Å². The molecule has 8 nitrogen and oxygen atoms in total. The smallest absolute Gasteiger partial charge is 0.303 e. The molecule has 0 spiro atoms. The Morgan fingerprint density at radius 3 is 2.65 bits per heavy atom. The lowest BCUT2D eigenvalue weighted by Gasteiger charge is -2.08. The summed E-state index contributed by atoms with van der Waals surface area (Å²) in [6, 6.07) is 4.11. The van der Waals surface area contributed by atoms with Crippen molar-refractivity contribution in [1.29, 1.82) is 0 Å². The van der Waals surface area contributed by atoms with Crippen LogP contribution in [0.3, 0.4) is 0 Å². The number of rotatable bonds is 7. The minimum absolute atomic E-state index is 0.0652. The molecule has 0 amide bonds. The van der Waals surface area contributed by atoms with E-state index < -0.39 is 26.7 Å². The van der Waals surface area contributed by atoms with Crippen molar-refractivity contribution in [3.63, 3.8) is 0 Å². The molecule has 9 heteroatoms. The maximum Gasteiger partial charge on any atom is 0.303 e. The van der Waals surface area contributed by atoms with Gasteiger partial charge in [0.05, 0.1) is 10.7 Å². The molecule has 0 unspecified atom stereocenters. The van der Waals surface area contributed by atoms with Crippen LogP contribution in [0.5, 0.6) is 0 Å². The number of sulfonamides is 1. The normalized spacial score (nSPS) is 11.1. The largest absolute Gasteiger partial charge is 0.481 e. The Bertz CT molecular complexity index is 626. The number of anilines is 1. The Morgan fingerprint density at radius 2 is 2.10 bits per heavy atom. The molecule has 0 aromatic heterocycles. The highest BCUT2D eigenvalue weighted by molar-refractivity contribution is 7.92. The molecule has 1 rings (SSSR count). The number of carboxylic acids is 1. The van der Waals surface area contributed by atoms with Gasteiger partial charge in [0.15, 0.2) is 0 Å². The average molecular weight is 302 g/mol. The zero-order valence-electron chi connectivity index (χ0n) is 10.7. The number of nitro benzene ring substituents is 1. The molecule has 20 heavy (non-hydrogen) atoms. The van der Waals surface area contributed by atoms with E-state index in [1.807, 2.05) is 0 Å². The highest BCUT2D eigenvalue weighted by atomic mass is 32.2. The van der Waals surface area contributed by atoms with Crippen LogP contribution >= 0.6 is 0 Å². The molecular formula is C11H14N2O6S. The first-order valence-corrected chi connectivity index (χ1v) is 7.34. The highest BCUT2D eigenvalue weighted by Gasteiger charge is 2.19. The standard InChI is InChI=1S/C11H14N2O6S/c1-8-4-5-9(10(7-8)13(16)17)12-20(18,19)6-2-3-11(14)15/h4-5,7,12H,2-3,6H2,1H3,(H,14,15). The lowest BCUT2D eigenvalue weighted by Crippen LogP contribution is -2.18. The van der Waals surface area contributed by atoms with E-state index in [1.54, 1.807) is 13.0 Å². The predicted molar refractivity (Wildman–Crippen MR) is 72.1 cm³/mol. The zero-order valence-corrected chi connectivity index (χ0v) is 11.5.